The van der Waals surface area contributed by atoms with Crippen LogP contribution in [0.5, 0.6) is 0 Å². The highest BCUT2D eigenvalue weighted by molar-refractivity contribution is 5.09. The maximum Gasteiger partial charge on any atom is 0.0383 e. The smallest absolute Gasteiger partial charge is 0.0383 e. The molecule has 0 aromatic rings. The van der Waals surface area contributed by atoms with E-state index in [4.69, 9.17) is 5.73 Å². The Labute approximate surface area is 118 Å². The summed E-state index contributed by atoms with van der Waals surface area (Å²) < 4.78 is 0. The van der Waals surface area contributed by atoms with Gasteiger partial charge < -0.3 is 5.73 Å². The molecule has 3 nitrogen and oxygen atoms in total. The summed E-state index contributed by atoms with van der Waals surface area (Å²) in [6.45, 7) is 8.22. The molecule has 2 heterocycles. The second kappa shape index (κ2) is 4.71. The Kier molecular flexibility index (Phi) is 3.43. The fourth-order valence-corrected chi connectivity index (χ4v) is 5.18. The van der Waals surface area contributed by atoms with Gasteiger partial charge in [-0.05, 0) is 44.6 Å². The highest BCUT2D eigenvalue weighted by Crippen LogP contribution is 2.50. The van der Waals surface area contributed by atoms with Crippen LogP contribution in [0.25, 0.3) is 0 Å². The highest BCUT2D eigenvalue weighted by atomic mass is 15.3. The quantitative estimate of drug-likeness (QED) is 0.829. The molecule has 3 atom stereocenters. The molecule has 3 unspecified atom stereocenters. The van der Waals surface area contributed by atoms with Crippen LogP contribution in [-0.4, -0.2) is 54.1 Å². The number of likely N-dealkylation sites (tertiary alicyclic amines) is 1. The van der Waals surface area contributed by atoms with Gasteiger partial charge in [0.2, 0.25) is 0 Å². The molecule has 3 aliphatic rings. The monoisotopic (exact) mass is 265 g/mol. The molecule has 0 amide bonds. The van der Waals surface area contributed by atoms with Crippen molar-refractivity contribution in [3.8, 4) is 0 Å². The zero-order valence-electron chi connectivity index (χ0n) is 13.0. The van der Waals surface area contributed by atoms with Crippen LogP contribution in [0.3, 0.4) is 0 Å². The van der Waals surface area contributed by atoms with Crippen molar-refractivity contribution in [3.63, 3.8) is 0 Å². The van der Waals surface area contributed by atoms with Gasteiger partial charge in [0.15, 0.2) is 0 Å². The van der Waals surface area contributed by atoms with E-state index in [0.717, 1.165) is 18.6 Å². The minimum Gasteiger partial charge on any atom is -0.329 e. The van der Waals surface area contributed by atoms with Gasteiger partial charge in [0.1, 0.15) is 0 Å². The number of nitrogens with two attached hydrogens (primary N) is 1. The molecule has 0 spiro atoms. The van der Waals surface area contributed by atoms with E-state index in [2.05, 4.69) is 30.7 Å². The number of fused-ring (bicyclic) bond motifs is 2. The van der Waals surface area contributed by atoms with Gasteiger partial charge in [0.25, 0.3) is 0 Å². The lowest BCUT2D eigenvalue weighted by Crippen LogP contribution is -2.61. The van der Waals surface area contributed by atoms with Crippen molar-refractivity contribution < 1.29 is 0 Å². The van der Waals surface area contributed by atoms with Gasteiger partial charge in [0.05, 0.1) is 0 Å². The molecule has 110 valence electrons. The zero-order valence-corrected chi connectivity index (χ0v) is 13.0. The Morgan fingerprint density at radius 2 is 1.84 bits per heavy atom. The number of hydrogen-bond acceptors (Lipinski definition) is 3. The summed E-state index contributed by atoms with van der Waals surface area (Å²) in [5, 5.41) is 0. The molecule has 3 heteroatoms. The molecular weight excluding hydrogens is 234 g/mol. The van der Waals surface area contributed by atoms with Gasteiger partial charge in [-0.3, -0.25) is 9.80 Å². The van der Waals surface area contributed by atoms with E-state index in [1.165, 1.54) is 51.6 Å². The van der Waals surface area contributed by atoms with E-state index in [1.54, 1.807) is 0 Å². The van der Waals surface area contributed by atoms with E-state index >= 15 is 0 Å². The van der Waals surface area contributed by atoms with Crippen molar-refractivity contribution in [2.45, 2.75) is 70.0 Å². The molecular formula is C16H31N3. The van der Waals surface area contributed by atoms with E-state index in [-0.39, 0.29) is 5.54 Å². The van der Waals surface area contributed by atoms with E-state index in [9.17, 15) is 0 Å². The van der Waals surface area contributed by atoms with Gasteiger partial charge in [-0.25, -0.2) is 0 Å². The standard InChI is InChI=1S/C16H31N3/c1-15(2)8-4-9-16(15,12-17)19-10-7-13-5-6-14(11-19)18(13)3/h13-14H,4-12,17H2,1-3H3. The number of hydrogen-bond donors (Lipinski definition) is 1. The van der Waals surface area contributed by atoms with Crippen molar-refractivity contribution >= 4 is 0 Å². The molecule has 2 saturated heterocycles. The summed E-state index contributed by atoms with van der Waals surface area (Å²) in [6, 6.07) is 1.60. The van der Waals surface area contributed by atoms with E-state index < -0.39 is 0 Å². The maximum atomic E-state index is 6.30. The first-order chi connectivity index (χ1) is 9.00. The largest absolute Gasteiger partial charge is 0.329 e. The van der Waals surface area contributed by atoms with Crippen molar-refractivity contribution in [3.05, 3.63) is 0 Å². The second-order valence-electron chi connectivity index (χ2n) is 7.76. The minimum absolute atomic E-state index is 0.262. The number of nitrogens with zero attached hydrogens (tertiary/aromatic N) is 2. The van der Waals surface area contributed by atoms with Crippen molar-refractivity contribution in [2.75, 3.05) is 26.7 Å². The fourth-order valence-electron chi connectivity index (χ4n) is 5.18. The van der Waals surface area contributed by atoms with Crippen molar-refractivity contribution in [2.24, 2.45) is 11.1 Å². The van der Waals surface area contributed by atoms with Gasteiger partial charge in [0, 0.05) is 37.3 Å². The average molecular weight is 265 g/mol. The Morgan fingerprint density at radius 1 is 1.11 bits per heavy atom. The lowest BCUT2D eigenvalue weighted by molar-refractivity contribution is 0.00696. The number of rotatable bonds is 2. The van der Waals surface area contributed by atoms with Crippen LogP contribution >= 0.6 is 0 Å². The van der Waals surface area contributed by atoms with Crippen LogP contribution in [-0.2, 0) is 0 Å². The predicted molar refractivity (Wildman–Crippen MR) is 80.2 cm³/mol. The summed E-state index contributed by atoms with van der Waals surface area (Å²) in [5.74, 6) is 0. The van der Waals surface area contributed by atoms with Crippen molar-refractivity contribution in [1.82, 2.24) is 9.80 Å². The van der Waals surface area contributed by atoms with E-state index in [1.807, 2.05) is 0 Å². The SMILES string of the molecule is CN1C2CCC1CN(C1(CN)CCCC1(C)C)CC2. The summed E-state index contributed by atoms with van der Waals surface area (Å²) >= 11 is 0. The second-order valence-corrected chi connectivity index (χ2v) is 7.76. The first kappa shape index (κ1) is 13.8. The highest BCUT2D eigenvalue weighted by Gasteiger charge is 2.53. The first-order valence-corrected chi connectivity index (χ1v) is 8.17. The molecule has 0 aromatic carbocycles. The fraction of sp³-hybridized carbons (Fsp3) is 1.00. The van der Waals surface area contributed by atoms with Gasteiger partial charge in [-0.15, -0.1) is 0 Å². The summed E-state index contributed by atoms with van der Waals surface area (Å²) in [6.07, 6.45) is 8.13. The zero-order chi connectivity index (χ0) is 13.7. The normalized spacial score (nSPS) is 43.6. The Hall–Kier alpha value is -0.120. The summed E-state index contributed by atoms with van der Waals surface area (Å²) in [7, 11) is 2.33. The molecule has 0 aromatic heterocycles. The molecule has 1 saturated carbocycles. The van der Waals surface area contributed by atoms with Crippen LogP contribution in [0.1, 0.15) is 52.4 Å². The Bertz CT molecular complexity index is 341. The molecule has 2 N–H and O–H groups in total. The molecule has 3 fully saturated rings. The van der Waals surface area contributed by atoms with Crippen LogP contribution in [0.2, 0.25) is 0 Å². The lowest BCUT2D eigenvalue weighted by atomic mass is 9.73. The summed E-state index contributed by atoms with van der Waals surface area (Å²) in [5.41, 5.74) is 6.94. The number of likely N-dealkylation sites (N-methyl/N-ethyl adjacent to an activating group) is 1. The molecule has 2 aliphatic heterocycles. The topological polar surface area (TPSA) is 32.5 Å². The van der Waals surface area contributed by atoms with Crippen LogP contribution < -0.4 is 5.73 Å². The molecule has 3 rings (SSSR count). The minimum atomic E-state index is 0.262. The van der Waals surface area contributed by atoms with E-state index in [0.29, 0.717) is 5.41 Å². The Morgan fingerprint density at radius 3 is 2.47 bits per heavy atom. The molecule has 19 heavy (non-hydrogen) atoms. The third kappa shape index (κ3) is 1.97. The molecule has 1 aliphatic carbocycles. The first-order valence-electron chi connectivity index (χ1n) is 8.17. The van der Waals surface area contributed by atoms with Crippen molar-refractivity contribution in [1.29, 1.82) is 0 Å². The Balaban J connectivity index is 1.85. The van der Waals surface area contributed by atoms with Gasteiger partial charge in [-0.2, -0.15) is 0 Å². The molecule has 0 radical (unpaired) electrons. The lowest BCUT2D eigenvalue weighted by Gasteiger charge is -2.50. The molecule has 2 bridgehead atoms. The average Bonchev–Trinajstić information content (AvgIpc) is 2.77. The summed E-state index contributed by atoms with van der Waals surface area (Å²) in [4.78, 5) is 5.44. The third-order valence-electron chi connectivity index (χ3n) is 6.74. The predicted octanol–water partition coefficient (Wildman–Crippen LogP) is 2.06. The van der Waals surface area contributed by atoms with Gasteiger partial charge >= 0.3 is 0 Å². The maximum absolute atomic E-state index is 6.30. The third-order valence-corrected chi connectivity index (χ3v) is 6.74. The van der Waals surface area contributed by atoms with Crippen LogP contribution in [0.15, 0.2) is 0 Å². The van der Waals surface area contributed by atoms with Gasteiger partial charge in [-0.1, -0.05) is 20.3 Å². The van der Waals surface area contributed by atoms with Crippen LogP contribution in [0.4, 0.5) is 0 Å². The van der Waals surface area contributed by atoms with Crippen LogP contribution in [0, 0.1) is 5.41 Å².